The first-order chi connectivity index (χ1) is 12.3. The molecule has 0 bridgehead atoms. The number of furan rings is 1. The fourth-order valence-electron chi connectivity index (χ4n) is 3.61. The molecule has 4 aromatic carbocycles. The van der Waals surface area contributed by atoms with Gasteiger partial charge in [-0.05, 0) is 35.0 Å². The standard InChI is InChI=1S/C23H17NO/c1-24(17-9-3-2-4-10-17)20-13-7-12-19-22-18-11-6-5-8-16(18)14-15-21(22)25-23(19)20/h2-15H,1H3. The van der Waals surface area contributed by atoms with Crippen LogP contribution in [0.25, 0.3) is 32.7 Å². The highest BCUT2D eigenvalue weighted by Gasteiger charge is 2.15. The molecule has 0 fully saturated rings. The number of rotatable bonds is 2. The van der Waals surface area contributed by atoms with Crippen molar-refractivity contribution >= 4 is 44.1 Å². The average molecular weight is 323 g/mol. The van der Waals surface area contributed by atoms with Gasteiger partial charge in [-0.3, -0.25) is 0 Å². The van der Waals surface area contributed by atoms with Crippen molar-refractivity contribution in [2.24, 2.45) is 0 Å². The number of hydrogen-bond acceptors (Lipinski definition) is 2. The summed E-state index contributed by atoms with van der Waals surface area (Å²) in [7, 11) is 2.08. The van der Waals surface area contributed by atoms with Crippen molar-refractivity contribution < 1.29 is 4.42 Å². The lowest BCUT2D eigenvalue weighted by atomic mass is 10.0. The molecule has 0 saturated carbocycles. The zero-order chi connectivity index (χ0) is 16.8. The number of anilines is 2. The van der Waals surface area contributed by atoms with E-state index in [1.165, 1.54) is 16.2 Å². The molecule has 0 N–H and O–H groups in total. The van der Waals surface area contributed by atoms with Gasteiger partial charge in [0.15, 0.2) is 5.58 Å². The number of hydrogen-bond donors (Lipinski definition) is 0. The molecule has 2 heteroatoms. The highest BCUT2D eigenvalue weighted by atomic mass is 16.3. The maximum Gasteiger partial charge on any atom is 0.159 e. The molecule has 1 aromatic heterocycles. The molecule has 0 saturated heterocycles. The van der Waals surface area contributed by atoms with Gasteiger partial charge in [0.05, 0.1) is 5.69 Å². The summed E-state index contributed by atoms with van der Waals surface area (Å²) in [4.78, 5) is 2.17. The Labute approximate surface area is 145 Å². The van der Waals surface area contributed by atoms with E-state index < -0.39 is 0 Å². The summed E-state index contributed by atoms with van der Waals surface area (Å²) in [6.45, 7) is 0. The molecular formula is C23H17NO. The van der Waals surface area contributed by atoms with E-state index in [4.69, 9.17) is 4.42 Å². The van der Waals surface area contributed by atoms with Crippen molar-refractivity contribution in [2.75, 3.05) is 11.9 Å². The summed E-state index contributed by atoms with van der Waals surface area (Å²) < 4.78 is 6.29. The summed E-state index contributed by atoms with van der Waals surface area (Å²) >= 11 is 0. The summed E-state index contributed by atoms with van der Waals surface area (Å²) in [5, 5.41) is 4.82. The first-order valence-electron chi connectivity index (χ1n) is 8.45. The Kier molecular flexibility index (Phi) is 3.04. The van der Waals surface area contributed by atoms with E-state index in [1.54, 1.807) is 0 Å². The third-order valence-corrected chi connectivity index (χ3v) is 4.87. The van der Waals surface area contributed by atoms with Gasteiger partial charge in [0.2, 0.25) is 0 Å². The van der Waals surface area contributed by atoms with Crippen LogP contribution in [0.3, 0.4) is 0 Å². The second kappa shape index (κ2) is 5.38. The van der Waals surface area contributed by atoms with Gasteiger partial charge in [-0.2, -0.15) is 0 Å². The van der Waals surface area contributed by atoms with Crippen LogP contribution in [-0.4, -0.2) is 7.05 Å². The zero-order valence-corrected chi connectivity index (χ0v) is 13.9. The fourth-order valence-corrected chi connectivity index (χ4v) is 3.61. The van der Waals surface area contributed by atoms with Gasteiger partial charge in [-0.15, -0.1) is 0 Å². The molecule has 0 amide bonds. The van der Waals surface area contributed by atoms with Crippen LogP contribution in [0.4, 0.5) is 11.4 Å². The zero-order valence-electron chi connectivity index (χ0n) is 13.9. The maximum atomic E-state index is 6.29. The van der Waals surface area contributed by atoms with Gasteiger partial charge < -0.3 is 9.32 Å². The van der Waals surface area contributed by atoms with Gasteiger partial charge in [-0.25, -0.2) is 0 Å². The Hall–Kier alpha value is -3.26. The maximum absolute atomic E-state index is 6.29. The summed E-state index contributed by atoms with van der Waals surface area (Å²) in [6.07, 6.45) is 0. The predicted octanol–water partition coefficient (Wildman–Crippen LogP) is 6.51. The van der Waals surface area contributed by atoms with Crippen molar-refractivity contribution in [3.8, 4) is 0 Å². The van der Waals surface area contributed by atoms with Crippen molar-refractivity contribution in [1.29, 1.82) is 0 Å². The van der Waals surface area contributed by atoms with E-state index in [1.807, 2.05) is 6.07 Å². The molecule has 0 aliphatic rings. The monoisotopic (exact) mass is 323 g/mol. The quantitative estimate of drug-likeness (QED) is 0.368. The normalized spacial score (nSPS) is 11.4. The van der Waals surface area contributed by atoms with E-state index in [2.05, 4.69) is 90.8 Å². The Balaban J connectivity index is 1.83. The Morgan fingerprint density at radius 1 is 0.680 bits per heavy atom. The van der Waals surface area contributed by atoms with Gasteiger partial charge in [0.1, 0.15) is 5.58 Å². The molecule has 0 spiro atoms. The van der Waals surface area contributed by atoms with Crippen molar-refractivity contribution in [2.45, 2.75) is 0 Å². The van der Waals surface area contributed by atoms with Crippen LogP contribution < -0.4 is 4.90 Å². The van der Waals surface area contributed by atoms with Crippen LogP contribution in [0.2, 0.25) is 0 Å². The number of para-hydroxylation sites is 2. The van der Waals surface area contributed by atoms with Gasteiger partial charge in [0.25, 0.3) is 0 Å². The molecule has 5 rings (SSSR count). The molecular weight excluding hydrogens is 306 g/mol. The van der Waals surface area contributed by atoms with E-state index in [9.17, 15) is 0 Å². The number of nitrogens with zero attached hydrogens (tertiary/aromatic N) is 1. The van der Waals surface area contributed by atoms with Crippen molar-refractivity contribution in [1.82, 2.24) is 0 Å². The van der Waals surface area contributed by atoms with Crippen LogP contribution in [0, 0.1) is 0 Å². The van der Waals surface area contributed by atoms with Gasteiger partial charge in [0, 0.05) is 23.5 Å². The lowest BCUT2D eigenvalue weighted by Gasteiger charge is -2.19. The summed E-state index contributed by atoms with van der Waals surface area (Å²) in [5.41, 5.74) is 4.08. The van der Waals surface area contributed by atoms with Crippen LogP contribution in [0.5, 0.6) is 0 Å². The van der Waals surface area contributed by atoms with E-state index in [0.29, 0.717) is 0 Å². The minimum atomic E-state index is 0.931. The van der Waals surface area contributed by atoms with Crippen LogP contribution in [0.1, 0.15) is 0 Å². The van der Waals surface area contributed by atoms with E-state index >= 15 is 0 Å². The van der Waals surface area contributed by atoms with Crippen LogP contribution in [-0.2, 0) is 0 Å². The topological polar surface area (TPSA) is 16.4 Å². The van der Waals surface area contributed by atoms with Gasteiger partial charge in [-0.1, -0.05) is 60.7 Å². The molecule has 0 aliphatic heterocycles. The molecule has 5 aromatic rings. The Morgan fingerprint density at radius 2 is 1.44 bits per heavy atom. The van der Waals surface area contributed by atoms with Crippen LogP contribution in [0.15, 0.2) is 89.3 Å². The SMILES string of the molecule is CN(c1ccccc1)c1cccc2c1oc1ccc3ccccc3c12. The minimum absolute atomic E-state index is 0.931. The molecule has 1 heterocycles. The lowest BCUT2D eigenvalue weighted by molar-refractivity contribution is 0.669. The molecule has 25 heavy (non-hydrogen) atoms. The van der Waals surface area contributed by atoms with E-state index in [-0.39, 0.29) is 0 Å². The first-order valence-corrected chi connectivity index (χ1v) is 8.45. The molecule has 0 radical (unpaired) electrons. The number of benzene rings is 4. The average Bonchev–Trinajstić information content (AvgIpc) is 3.07. The molecule has 2 nitrogen and oxygen atoms in total. The van der Waals surface area contributed by atoms with E-state index in [0.717, 1.165) is 27.9 Å². The minimum Gasteiger partial charge on any atom is -0.454 e. The second-order valence-electron chi connectivity index (χ2n) is 6.31. The molecule has 0 atom stereocenters. The molecule has 120 valence electrons. The summed E-state index contributed by atoms with van der Waals surface area (Å²) in [6, 6.07) is 29.4. The largest absolute Gasteiger partial charge is 0.454 e. The first kappa shape index (κ1) is 14.1. The third-order valence-electron chi connectivity index (χ3n) is 4.87. The third kappa shape index (κ3) is 2.11. The van der Waals surface area contributed by atoms with Gasteiger partial charge >= 0.3 is 0 Å². The highest BCUT2D eigenvalue weighted by Crippen LogP contribution is 2.39. The molecule has 0 aliphatic carbocycles. The Morgan fingerprint density at radius 3 is 2.32 bits per heavy atom. The second-order valence-corrected chi connectivity index (χ2v) is 6.31. The lowest BCUT2D eigenvalue weighted by Crippen LogP contribution is -2.09. The van der Waals surface area contributed by atoms with Crippen LogP contribution >= 0.6 is 0 Å². The highest BCUT2D eigenvalue weighted by molar-refractivity contribution is 6.20. The smallest absolute Gasteiger partial charge is 0.159 e. The Bertz CT molecular complexity index is 1200. The summed E-state index contributed by atoms with van der Waals surface area (Å²) in [5.74, 6) is 0. The van der Waals surface area contributed by atoms with Crippen molar-refractivity contribution in [3.05, 3.63) is 84.9 Å². The fraction of sp³-hybridized carbons (Fsp3) is 0.0435. The van der Waals surface area contributed by atoms with Crippen molar-refractivity contribution in [3.63, 3.8) is 0 Å². The molecule has 0 unspecified atom stereocenters. The number of fused-ring (bicyclic) bond motifs is 5. The predicted molar refractivity (Wildman–Crippen MR) is 106 cm³/mol.